The van der Waals surface area contributed by atoms with Crippen molar-refractivity contribution < 1.29 is 13.6 Å². The molecule has 2 heterocycles. The molecule has 0 aliphatic carbocycles. The zero-order valence-corrected chi connectivity index (χ0v) is 16.4. The smallest absolute Gasteiger partial charge is 0.230 e. The topological polar surface area (TPSA) is 45.2 Å². The average Bonchev–Trinajstić information content (AvgIpc) is 3.20. The van der Waals surface area contributed by atoms with Crippen molar-refractivity contribution in [2.45, 2.75) is 19.8 Å². The number of rotatable bonds is 4. The molecule has 0 fully saturated rings. The van der Waals surface area contributed by atoms with Gasteiger partial charge in [-0.05, 0) is 48.7 Å². The third-order valence-electron chi connectivity index (χ3n) is 4.87. The summed E-state index contributed by atoms with van der Waals surface area (Å²) in [5, 5.41) is 3.26. The van der Waals surface area contributed by atoms with Crippen molar-refractivity contribution >= 4 is 28.1 Å². The Labute approximate surface area is 165 Å². The van der Waals surface area contributed by atoms with Crippen molar-refractivity contribution in [2.75, 3.05) is 23.8 Å². The molecule has 0 saturated carbocycles. The molecular formula is C21H19F2N3OS. The highest BCUT2D eigenvalue weighted by Crippen LogP contribution is 2.35. The second kappa shape index (κ2) is 7.31. The van der Waals surface area contributed by atoms with Crippen LogP contribution in [0, 0.1) is 18.6 Å². The third-order valence-corrected chi connectivity index (χ3v) is 5.76. The van der Waals surface area contributed by atoms with E-state index in [1.54, 1.807) is 0 Å². The minimum atomic E-state index is -0.958. The quantitative estimate of drug-likeness (QED) is 0.699. The number of amides is 1. The van der Waals surface area contributed by atoms with Crippen LogP contribution < -0.4 is 10.2 Å². The van der Waals surface area contributed by atoms with Crippen molar-refractivity contribution in [3.05, 3.63) is 64.0 Å². The largest absolute Gasteiger partial charge is 0.374 e. The van der Waals surface area contributed by atoms with Crippen LogP contribution in [0.5, 0.6) is 0 Å². The Morgan fingerprint density at radius 3 is 2.82 bits per heavy atom. The van der Waals surface area contributed by atoms with Gasteiger partial charge in [-0.25, -0.2) is 13.8 Å². The fraction of sp³-hybridized carbons (Fsp3) is 0.238. The van der Waals surface area contributed by atoms with E-state index in [1.807, 2.05) is 6.92 Å². The lowest BCUT2D eigenvalue weighted by Crippen LogP contribution is -2.14. The molecule has 7 heteroatoms. The fourth-order valence-corrected chi connectivity index (χ4v) is 4.28. The van der Waals surface area contributed by atoms with E-state index in [9.17, 15) is 13.6 Å². The number of aromatic nitrogens is 1. The van der Waals surface area contributed by atoms with Gasteiger partial charge in [0, 0.05) is 29.7 Å². The molecule has 28 heavy (non-hydrogen) atoms. The molecule has 1 aromatic heterocycles. The SMILES string of the molecule is Cc1sc(NC(=O)Cc2ccc(F)c(F)c2)nc1-c1ccc2c(c1)CCN2C. The predicted molar refractivity (Wildman–Crippen MR) is 108 cm³/mol. The summed E-state index contributed by atoms with van der Waals surface area (Å²) in [4.78, 5) is 20.1. The van der Waals surface area contributed by atoms with E-state index in [0.717, 1.165) is 41.2 Å². The highest BCUT2D eigenvalue weighted by molar-refractivity contribution is 7.16. The number of nitrogens with one attached hydrogen (secondary N) is 1. The lowest BCUT2D eigenvalue weighted by Gasteiger charge is -2.11. The van der Waals surface area contributed by atoms with Gasteiger partial charge < -0.3 is 10.2 Å². The van der Waals surface area contributed by atoms with Gasteiger partial charge in [0.2, 0.25) is 5.91 Å². The van der Waals surface area contributed by atoms with Crippen LogP contribution in [0.3, 0.4) is 0 Å². The average molecular weight is 399 g/mol. The van der Waals surface area contributed by atoms with Gasteiger partial charge >= 0.3 is 0 Å². The van der Waals surface area contributed by atoms with Gasteiger partial charge in [-0.1, -0.05) is 12.1 Å². The number of halogens is 2. The van der Waals surface area contributed by atoms with Crippen LogP contribution in [0.2, 0.25) is 0 Å². The van der Waals surface area contributed by atoms with Crippen LogP contribution >= 0.6 is 11.3 Å². The predicted octanol–water partition coefficient (Wildman–Crippen LogP) is 4.57. The number of likely N-dealkylation sites (N-methyl/N-ethyl adjacent to an activating group) is 1. The van der Waals surface area contributed by atoms with Gasteiger partial charge in [-0.2, -0.15) is 0 Å². The summed E-state index contributed by atoms with van der Waals surface area (Å²) in [6.07, 6.45) is 0.969. The second-order valence-electron chi connectivity index (χ2n) is 6.91. The minimum absolute atomic E-state index is 0.0453. The number of aryl methyl sites for hydroxylation is 1. The highest BCUT2D eigenvalue weighted by Gasteiger charge is 2.18. The van der Waals surface area contributed by atoms with Gasteiger partial charge in [0.15, 0.2) is 16.8 Å². The first-order valence-corrected chi connectivity index (χ1v) is 9.78. The van der Waals surface area contributed by atoms with Crippen LogP contribution in [-0.2, 0) is 17.6 Å². The molecular weight excluding hydrogens is 380 g/mol. The molecule has 1 aliphatic rings. The summed E-state index contributed by atoms with van der Waals surface area (Å²) in [6, 6.07) is 9.78. The van der Waals surface area contributed by atoms with Crippen LogP contribution in [0.25, 0.3) is 11.3 Å². The Kier molecular flexibility index (Phi) is 4.85. The summed E-state index contributed by atoms with van der Waals surface area (Å²) in [5.74, 6) is -2.20. The number of thiazole rings is 1. The standard InChI is InChI=1S/C21H19F2N3OS/c1-12-20(15-4-6-18-14(11-15)7-8-26(18)2)25-21(28-12)24-19(27)10-13-3-5-16(22)17(23)9-13/h3-6,9,11H,7-8,10H2,1-2H3,(H,24,25,27). The van der Waals surface area contributed by atoms with E-state index in [-0.39, 0.29) is 12.3 Å². The number of hydrogen-bond donors (Lipinski definition) is 1. The number of anilines is 2. The third kappa shape index (κ3) is 3.62. The van der Waals surface area contributed by atoms with E-state index in [2.05, 4.69) is 40.4 Å². The Morgan fingerprint density at radius 2 is 2.04 bits per heavy atom. The minimum Gasteiger partial charge on any atom is -0.374 e. The summed E-state index contributed by atoms with van der Waals surface area (Å²) in [6.45, 7) is 2.98. The highest BCUT2D eigenvalue weighted by atomic mass is 32.1. The molecule has 0 atom stereocenters. The van der Waals surface area contributed by atoms with Gasteiger partial charge in [-0.15, -0.1) is 11.3 Å². The lowest BCUT2D eigenvalue weighted by molar-refractivity contribution is -0.115. The first-order chi connectivity index (χ1) is 13.4. The maximum Gasteiger partial charge on any atom is 0.230 e. The Hall–Kier alpha value is -2.80. The summed E-state index contributed by atoms with van der Waals surface area (Å²) < 4.78 is 26.3. The molecule has 0 bridgehead atoms. The summed E-state index contributed by atoms with van der Waals surface area (Å²) in [5.41, 5.74) is 4.84. The number of nitrogens with zero attached hydrogens (tertiary/aromatic N) is 2. The van der Waals surface area contributed by atoms with E-state index >= 15 is 0 Å². The first kappa shape index (κ1) is 18.6. The molecule has 0 spiro atoms. The van der Waals surface area contributed by atoms with Crippen molar-refractivity contribution in [3.8, 4) is 11.3 Å². The molecule has 3 aromatic rings. The van der Waals surface area contributed by atoms with Gasteiger partial charge in [0.1, 0.15) is 0 Å². The molecule has 0 saturated heterocycles. The molecule has 4 rings (SSSR count). The monoisotopic (exact) mass is 399 g/mol. The molecule has 0 radical (unpaired) electrons. The summed E-state index contributed by atoms with van der Waals surface area (Å²) >= 11 is 1.40. The Morgan fingerprint density at radius 1 is 1.21 bits per heavy atom. The zero-order chi connectivity index (χ0) is 19.8. The maximum atomic E-state index is 13.3. The van der Waals surface area contributed by atoms with Crippen LogP contribution in [0.4, 0.5) is 19.6 Å². The van der Waals surface area contributed by atoms with Crippen molar-refractivity contribution in [3.63, 3.8) is 0 Å². The number of carbonyl (C=O) groups is 1. The van der Waals surface area contributed by atoms with Crippen molar-refractivity contribution in [1.82, 2.24) is 4.98 Å². The van der Waals surface area contributed by atoms with Crippen LogP contribution in [0.15, 0.2) is 36.4 Å². The van der Waals surface area contributed by atoms with Gasteiger partial charge in [0.25, 0.3) is 0 Å². The van der Waals surface area contributed by atoms with E-state index in [0.29, 0.717) is 10.7 Å². The van der Waals surface area contributed by atoms with Gasteiger partial charge in [-0.3, -0.25) is 4.79 Å². The number of carbonyl (C=O) groups excluding carboxylic acids is 1. The van der Waals surface area contributed by atoms with Gasteiger partial charge in [0.05, 0.1) is 12.1 Å². The van der Waals surface area contributed by atoms with E-state index in [1.165, 1.54) is 28.7 Å². The Balaban J connectivity index is 1.50. The molecule has 0 unspecified atom stereocenters. The molecule has 2 aromatic carbocycles. The van der Waals surface area contributed by atoms with E-state index < -0.39 is 11.6 Å². The molecule has 1 aliphatic heterocycles. The first-order valence-electron chi connectivity index (χ1n) is 8.96. The number of hydrogen-bond acceptors (Lipinski definition) is 4. The number of benzene rings is 2. The van der Waals surface area contributed by atoms with Crippen molar-refractivity contribution in [2.24, 2.45) is 0 Å². The molecule has 1 amide bonds. The van der Waals surface area contributed by atoms with Crippen molar-refractivity contribution in [1.29, 1.82) is 0 Å². The van der Waals surface area contributed by atoms with E-state index in [4.69, 9.17) is 0 Å². The molecule has 144 valence electrons. The normalized spacial score (nSPS) is 12.9. The molecule has 1 N–H and O–H groups in total. The zero-order valence-electron chi connectivity index (χ0n) is 15.6. The van der Waals surface area contributed by atoms with Crippen LogP contribution in [0.1, 0.15) is 16.0 Å². The molecule has 4 nitrogen and oxygen atoms in total. The summed E-state index contributed by atoms with van der Waals surface area (Å²) in [7, 11) is 2.08. The fourth-order valence-electron chi connectivity index (χ4n) is 3.43. The second-order valence-corrected chi connectivity index (χ2v) is 8.12. The van der Waals surface area contributed by atoms with Crippen LogP contribution in [-0.4, -0.2) is 24.5 Å². The lowest BCUT2D eigenvalue weighted by atomic mass is 10.1. The maximum absolute atomic E-state index is 13.3. The Bertz CT molecular complexity index is 1060. The number of fused-ring (bicyclic) bond motifs is 1.